The van der Waals surface area contributed by atoms with E-state index in [0.717, 1.165) is 21.0 Å². The third-order valence-electron chi connectivity index (χ3n) is 6.92. The number of aliphatic imine (C=N–C) groups is 1. The molecule has 0 spiro atoms. The first-order valence-corrected chi connectivity index (χ1v) is 15.8. The summed E-state index contributed by atoms with van der Waals surface area (Å²) in [6.45, 7) is 10.3. The predicted octanol–water partition coefficient (Wildman–Crippen LogP) is 8.82. The van der Waals surface area contributed by atoms with Crippen LogP contribution in [-0.4, -0.2) is 67.5 Å². The lowest BCUT2D eigenvalue weighted by molar-refractivity contribution is -0.138. The van der Waals surface area contributed by atoms with Gasteiger partial charge in [0.2, 0.25) is 17.7 Å². The summed E-state index contributed by atoms with van der Waals surface area (Å²) in [6.07, 6.45) is -2.77. The van der Waals surface area contributed by atoms with E-state index in [1.165, 1.54) is 12.1 Å². The molecular weight excluding hydrogens is 699 g/mol. The molecule has 4 rings (SSSR count). The van der Waals surface area contributed by atoms with Crippen molar-refractivity contribution in [1.29, 1.82) is 0 Å². The minimum absolute atomic E-state index is 0.0187. The molecule has 15 heteroatoms. The zero-order valence-corrected chi connectivity index (χ0v) is 28.9. The van der Waals surface area contributed by atoms with Gasteiger partial charge in [-0.25, -0.2) is 14.5 Å². The van der Waals surface area contributed by atoms with Crippen molar-refractivity contribution in [3.05, 3.63) is 70.0 Å². The molecule has 1 aliphatic rings. The predicted molar refractivity (Wildman–Crippen MR) is 175 cm³/mol. The van der Waals surface area contributed by atoms with Crippen LogP contribution >= 0.6 is 15.9 Å². The molecule has 0 radical (unpaired) electrons. The van der Waals surface area contributed by atoms with Crippen molar-refractivity contribution >= 4 is 40.2 Å². The lowest BCUT2D eigenvalue weighted by atomic mass is 10.1. The molecule has 2 aromatic carbocycles. The molecule has 48 heavy (non-hydrogen) atoms. The third kappa shape index (κ3) is 9.36. The molecule has 1 aromatic heterocycles. The fourth-order valence-electron chi connectivity index (χ4n) is 4.99. The number of halogens is 4. The van der Waals surface area contributed by atoms with E-state index in [-0.39, 0.29) is 42.1 Å². The second kappa shape index (κ2) is 14.4. The van der Waals surface area contributed by atoms with Gasteiger partial charge in [0.1, 0.15) is 24.0 Å². The second-order valence-corrected chi connectivity index (χ2v) is 13.9. The minimum Gasteiger partial charge on any atom is -0.489 e. The Morgan fingerprint density at radius 3 is 2.50 bits per heavy atom. The number of benzene rings is 2. The van der Waals surface area contributed by atoms with Crippen LogP contribution in [0.4, 0.5) is 22.8 Å². The normalized spacial score (nSPS) is 16.0. The standard InChI is InChI=1S/C33H37BrF3N5O6/c1-31(2,3)42(30(45)47-32(4,5)6)28(39-29(43)44)41-16-8-13-24(41)27-38-26(40-48-27)21-14-15-25(23(19-21)33(35,36)37)46-17-9-11-20-10-7-12-22(34)18-20/h7,9-12,14-15,18-19,24H,8,13,16-17H2,1-6H3,(H,43,44)/t24-/m0/s1. The third-order valence-corrected chi connectivity index (χ3v) is 7.41. The van der Waals surface area contributed by atoms with Crippen molar-refractivity contribution in [3.8, 4) is 17.1 Å². The number of nitrogens with zero attached hydrogens (tertiary/aromatic N) is 5. The molecule has 1 atom stereocenters. The fraction of sp³-hybridized carbons (Fsp3) is 0.424. The highest BCUT2D eigenvalue weighted by Crippen LogP contribution is 2.39. The zero-order chi connectivity index (χ0) is 35.4. The number of rotatable bonds is 6. The molecule has 3 aromatic rings. The Hall–Kier alpha value is -4.40. The summed E-state index contributed by atoms with van der Waals surface area (Å²) in [6, 6.07) is 10.2. The average Bonchev–Trinajstić information content (AvgIpc) is 3.63. The summed E-state index contributed by atoms with van der Waals surface area (Å²) in [5.74, 6) is -0.652. The SMILES string of the molecule is CC(C)(C)OC(=O)N(C(=NC(=O)O)N1CCC[C@H]1c1nc(-c2ccc(OCC=Cc3cccc(Br)c3)c(C(F)(F)F)c2)no1)C(C)(C)C. The number of carbonyl (C=O) groups excluding carboxylic acids is 1. The van der Waals surface area contributed by atoms with Crippen molar-refractivity contribution in [2.24, 2.45) is 4.99 Å². The van der Waals surface area contributed by atoms with Crippen LogP contribution in [-0.2, 0) is 10.9 Å². The number of alkyl halides is 3. The molecule has 258 valence electrons. The van der Waals surface area contributed by atoms with E-state index in [4.69, 9.17) is 14.0 Å². The summed E-state index contributed by atoms with van der Waals surface area (Å²) >= 11 is 3.37. The van der Waals surface area contributed by atoms with Crippen molar-refractivity contribution in [3.63, 3.8) is 0 Å². The van der Waals surface area contributed by atoms with Crippen molar-refractivity contribution in [2.75, 3.05) is 13.2 Å². The van der Waals surface area contributed by atoms with Gasteiger partial charge in [0.05, 0.1) is 5.56 Å². The van der Waals surface area contributed by atoms with Gasteiger partial charge in [-0.05, 0) is 96.4 Å². The smallest absolute Gasteiger partial charge is 0.434 e. The van der Waals surface area contributed by atoms with E-state index in [9.17, 15) is 27.9 Å². The largest absolute Gasteiger partial charge is 0.489 e. The van der Waals surface area contributed by atoms with Crippen LogP contribution in [0.25, 0.3) is 17.5 Å². The minimum atomic E-state index is -4.74. The molecule has 2 amide bonds. The Labute approximate surface area is 284 Å². The lowest BCUT2D eigenvalue weighted by Gasteiger charge is -2.40. The number of amides is 2. The Kier molecular flexibility index (Phi) is 10.9. The van der Waals surface area contributed by atoms with Crippen LogP contribution in [0.5, 0.6) is 5.75 Å². The molecule has 1 saturated heterocycles. The highest BCUT2D eigenvalue weighted by atomic mass is 79.9. The van der Waals surface area contributed by atoms with Gasteiger partial charge in [-0.2, -0.15) is 18.2 Å². The van der Waals surface area contributed by atoms with Gasteiger partial charge in [-0.15, -0.1) is 4.99 Å². The summed E-state index contributed by atoms with van der Waals surface area (Å²) in [5, 5.41) is 13.6. The number of carboxylic acid groups (broad SMARTS) is 1. The average molecular weight is 737 g/mol. The molecular formula is C33H37BrF3N5O6. The van der Waals surface area contributed by atoms with E-state index < -0.39 is 41.1 Å². The van der Waals surface area contributed by atoms with Gasteiger partial charge in [0, 0.05) is 22.1 Å². The van der Waals surface area contributed by atoms with Crippen molar-refractivity contribution in [2.45, 2.75) is 77.7 Å². The van der Waals surface area contributed by atoms with Crippen LogP contribution < -0.4 is 4.74 Å². The van der Waals surface area contributed by atoms with E-state index in [2.05, 4.69) is 31.1 Å². The first-order chi connectivity index (χ1) is 22.3. The van der Waals surface area contributed by atoms with Gasteiger partial charge in [0.25, 0.3) is 0 Å². The van der Waals surface area contributed by atoms with Gasteiger partial charge in [0.15, 0.2) is 0 Å². The molecule has 1 fully saturated rings. The highest BCUT2D eigenvalue weighted by molar-refractivity contribution is 9.10. The Balaban J connectivity index is 1.61. The first-order valence-electron chi connectivity index (χ1n) is 15.0. The van der Waals surface area contributed by atoms with E-state index in [1.807, 2.05) is 24.3 Å². The maximum Gasteiger partial charge on any atom is 0.434 e. The van der Waals surface area contributed by atoms with Crippen molar-refractivity contribution < 1.29 is 41.9 Å². The molecule has 0 bridgehead atoms. The molecule has 11 nitrogen and oxygen atoms in total. The zero-order valence-electron chi connectivity index (χ0n) is 27.3. The van der Waals surface area contributed by atoms with Gasteiger partial charge in [-0.1, -0.05) is 39.3 Å². The summed E-state index contributed by atoms with van der Waals surface area (Å²) < 4.78 is 59.8. The first kappa shape index (κ1) is 36.4. The summed E-state index contributed by atoms with van der Waals surface area (Å²) in [7, 11) is 0. The quantitative estimate of drug-likeness (QED) is 0.195. The highest BCUT2D eigenvalue weighted by Gasteiger charge is 2.43. The topological polar surface area (TPSA) is 131 Å². The monoisotopic (exact) mass is 735 g/mol. The van der Waals surface area contributed by atoms with E-state index >= 15 is 0 Å². The molecule has 2 heterocycles. The second-order valence-electron chi connectivity index (χ2n) is 13.0. The number of hydrogen-bond donors (Lipinski definition) is 1. The van der Waals surface area contributed by atoms with Crippen molar-refractivity contribution in [1.82, 2.24) is 19.9 Å². The van der Waals surface area contributed by atoms with E-state index in [1.54, 1.807) is 58.6 Å². The molecule has 1 aliphatic heterocycles. The summed E-state index contributed by atoms with van der Waals surface area (Å²) in [5.41, 5.74) is -1.98. The van der Waals surface area contributed by atoms with Crippen LogP contribution in [0.1, 0.15) is 77.4 Å². The number of ether oxygens (including phenoxy) is 2. The maximum absolute atomic E-state index is 14.1. The van der Waals surface area contributed by atoms with E-state index in [0.29, 0.717) is 12.8 Å². The lowest BCUT2D eigenvalue weighted by Crippen LogP contribution is -2.56. The van der Waals surface area contributed by atoms with Crippen LogP contribution in [0.2, 0.25) is 0 Å². The number of carbonyl (C=O) groups is 2. The number of aromatic nitrogens is 2. The fourth-order valence-corrected chi connectivity index (χ4v) is 5.41. The van der Waals surface area contributed by atoms with Gasteiger partial charge in [-0.3, -0.25) is 0 Å². The summed E-state index contributed by atoms with van der Waals surface area (Å²) in [4.78, 5) is 36.1. The molecule has 0 saturated carbocycles. The Morgan fingerprint density at radius 2 is 1.88 bits per heavy atom. The maximum atomic E-state index is 14.1. The van der Waals surface area contributed by atoms with Crippen LogP contribution in [0.15, 0.2) is 62.5 Å². The molecule has 1 N–H and O–H groups in total. The Bertz CT molecular complexity index is 1690. The molecule has 0 unspecified atom stereocenters. The van der Waals surface area contributed by atoms with Gasteiger partial charge < -0.3 is 24.0 Å². The Morgan fingerprint density at radius 1 is 1.15 bits per heavy atom. The number of likely N-dealkylation sites (tertiary alicyclic amines) is 1. The number of guanidine groups is 1. The molecule has 0 aliphatic carbocycles. The number of hydrogen-bond acceptors (Lipinski definition) is 7. The van der Waals surface area contributed by atoms with Gasteiger partial charge >= 0.3 is 18.4 Å². The van der Waals surface area contributed by atoms with Crippen LogP contribution in [0.3, 0.4) is 0 Å². The van der Waals surface area contributed by atoms with Crippen LogP contribution in [0, 0.1) is 0 Å².